The van der Waals surface area contributed by atoms with E-state index in [2.05, 4.69) is 57.4 Å². The second kappa shape index (κ2) is 10.8. The number of rotatable bonds is 8. The van der Waals surface area contributed by atoms with E-state index in [1.807, 2.05) is 61.5 Å². The fraction of sp³-hybridized carbons (Fsp3) is 0.103. The van der Waals surface area contributed by atoms with E-state index >= 15 is 0 Å². The Labute approximate surface area is 222 Å². The van der Waals surface area contributed by atoms with Gasteiger partial charge in [0.1, 0.15) is 12.2 Å². The maximum Gasteiger partial charge on any atom is 0.307 e. The van der Waals surface area contributed by atoms with Crippen LogP contribution >= 0.6 is 22.6 Å². The van der Waals surface area contributed by atoms with Crippen molar-refractivity contribution >= 4 is 56.5 Å². The molecule has 5 aromatic rings. The monoisotopic (exact) mass is 590 g/mol. The van der Waals surface area contributed by atoms with Crippen molar-refractivity contribution in [1.82, 2.24) is 5.43 Å². The summed E-state index contributed by atoms with van der Waals surface area (Å²) >= 11 is 2.23. The van der Waals surface area contributed by atoms with Crippen molar-refractivity contribution in [1.29, 1.82) is 0 Å². The first kappa shape index (κ1) is 23.9. The van der Waals surface area contributed by atoms with E-state index in [-0.39, 0.29) is 5.76 Å². The quantitative estimate of drug-likeness (QED) is 0.121. The van der Waals surface area contributed by atoms with E-state index in [0.717, 1.165) is 25.5 Å². The lowest BCUT2D eigenvalue weighted by Gasteiger charge is -2.15. The van der Waals surface area contributed by atoms with Crippen molar-refractivity contribution < 1.29 is 18.7 Å². The maximum absolute atomic E-state index is 12.4. The van der Waals surface area contributed by atoms with Crippen LogP contribution in [0.25, 0.3) is 21.7 Å². The number of fused-ring (bicyclic) bond motifs is 2. The number of carbonyl (C=O) groups excluding carboxylic acids is 1. The molecule has 4 aromatic carbocycles. The molecule has 6 nitrogen and oxygen atoms in total. The third-order valence-electron chi connectivity index (χ3n) is 5.61. The molecule has 0 saturated heterocycles. The van der Waals surface area contributed by atoms with E-state index < -0.39 is 5.91 Å². The highest BCUT2D eigenvalue weighted by atomic mass is 127. The number of hydrogen-bond acceptors (Lipinski definition) is 5. The van der Waals surface area contributed by atoms with E-state index in [1.165, 1.54) is 5.39 Å². The van der Waals surface area contributed by atoms with E-state index in [0.29, 0.717) is 30.3 Å². The molecule has 1 aromatic heterocycles. The predicted molar refractivity (Wildman–Crippen MR) is 150 cm³/mol. The van der Waals surface area contributed by atoms with Crippen LogP contribution in [0, 0.1) is 3.57 Å². The zero-order chi connectivity index (χ0) is 24.9. The van der Waals surface area contributed by atoms with Crippen molar-refractivity contribution in [2.45, 2.75) is 13.5 Å². The fourth-order valence-corrected chi connectivity index (χ4v) is 4.73. The van der Waals surface area contributed by atoms with Crippen molar-refractivity contribution in [3.8, 4) is 11.5 Å². The van der Waals surface area contributed by atoms with Gasteiger partial charge in [0, 0.05) is 5.39 Å². The highest BCUT2D eigenvalue weighted by molar-refractivity contribution is 14.1. The topological polar surface area (TPSA) is 73.1 Å². The van der Waals surface area contributed by atoms with E-state index in [1.54, 1.807) is 12.3 Å². The molecule has 180 valence electrons. The van der Waals surface area contributed by atoms with Gasteiger partial charge in [0.05, 0.1) is 16.4 Å². The third kappa shape index (κ3) is 5.21. The number of halogens is 1. The Morgan fingerprint density at radius 1 is 0.972 bits per heavy atom. The third-order valence-corrected chi connectivity index (χ3v) is 6.41. The number of carbonyl (C=O) groups is 1. The zero-order valence-corrected chi connectivity index (χ0v) is 21.7. The lowest BCUT2D eigenvalue weighted by molar-refractivity contribution is 0.0929. The molecule has 5 rings (SSSR count). The Bertz CT molecular complexity index is 1540. The van der Waals surface area contributed by atoms with Gasteiger partial charge in [0.15, 0.2) is 17.3 Å². The average Bonchev–Trinajstić information content (AvgIpc) is 3.33. The van der Waals surface area contributed by atoms with E-state index in [4.69, 9.17) is 13.9 Å². The largest absolute Gasteiger partial charge is 0.490 e. The number of nitrogens with one attached hydrogen (secondary N) is 1. The second-order valence-corrected chi connectivity index (χ2v) is 9.20. The first-order valence-electron chi connectivity index (χ1n) is 11.5. The molecule has 0 fully saturated rings. The molecule has 1 heterocycles. The standard InChI is InChI=1S/C29H23IN2O4/c1-2-34-26-15-19(17-31-32-29(33)27-16-21-9-4-6-13-25(21)36-27)14-24(30)28(26)35-18-22-11-7-10-20-8-3-5-12-23(20)22/h3-17H,2,18H2,1H3,(H,32,33)/b31-17+. The number of para-hydroxylation sites is 1. The lowest BCUT2D eigenvalue weighted by atomic mass is 10.1. The molecule has 0 aliphatic heterocycles. The Hall–Kier alpha value is -3.85. The Morgan fingerprint density at radius 3 is 2.58 bits per heavy atom. The molecule has 0 aliphatic rings. The summed E-state index contributed by atoms with van der Waals surface area (Å²) in [5.74, 6) is 1.08. The Kier molecular flexibility index (Phi) is 7.18. The summed E-state index contributed by atoms with van der Waals surface area (Å²) in [7, 11) is 0. The SMILES string of the molecule is CCOc1cc(/C=N/NC(=O)c2cc3ccccc3o2)cc(I)c1OCc1cccc2ccccc12. The Morgan fingerprint density at radius 2 is 1.75 bits per heavy atom. The molecular weight excluding hydrogens is 567 g/mol. The highest BCUT2D eigenvalue weighted by Crippen LogP contribution is 2.35. The number of hydrazone groups is 1. The number of hydrogen-bond donors (Lipinski definition) is 1. The molecule has 7 heteroatoms. The molecule has 36 heavy (non-hydrogen) atoms. The number of amides is 1. The average molecular weight is 590 g/mol. The van der Waals surface area contributed by atoms with Crippen LogP contribution in [0.1, 0.15) is 28.6 Å². The first-order valence-corrected chi connectivity index (χ1v) is 12.6. The minimum absolute atomic E-state index is 0.204. The summed E-state index contributed by atoms with van der Waals surface area (Å²) in [4.78, 5) is 12.4. The molecule has 0 bridgehead atoms. The number of benzene rings is 4. The van der Waals surface area contributed by atoms with E-state index in [9.17, 15) is 4.79 Å². The number of nitrogens with zero attached hydrogens (tertiary/aromatic N) is 1. The summed E-state index contributed by atoms with van der Waals surface area (Å²) < 4.78 is 18.6. The minimum atomic E-state index is -0.419. The maximum atomic E-state index is 12.4. The van der Waals surface area contributed by atoms with Crippen molar-refractivity contribution in [3.63, 3.8) is 0 Å². The normalized spacial score (nSPS) is 11.3. The van der Waals surface area contributed by atoms with Crippen LogP contribution in [0.2, 0.25) is 0 Å². The molecule has 0 spiro atoms. The lowest BCUT2D eigenvalue weighted by Crippen LogP contribution is -2.16. The smallest absolute Gasteiger partial charge is 0.307 e. The van der Waals surface area contributed by atoms with Crippen LogP contribution in [0.15, 0.2) is 94.4 Å². The first-order chi connectivity index (χ1) is 17.6. The van der Waals surface area contributed by atoms with Gasteiger partial charge in [-0.15, -0.1) is 0 Å². The van der Waals surface area contributed by atoms with Gasteiger partial charge in [0.2, 0.25) is 0 Å². The fourth-order valence-electron chi connectivity index (χ4n) is 3.95. The number of ether oxygens (including phenoxy) is 2. The molecule has 0 saturated carbocycles. The highest BCUT2D eigenvalue weighted by Gasteiger charge is 2.14. The molecular formula is C29H23IN2O4. The van der Waals surface area contributed by atoms with Crippen molar-refractivity contribution in [2.24, 2.45) is 5.10 Å². The summed E-state index contributed by atoms with van der Waals surface area (Å²) in [6.45, 7) is 2.83. The van der Waals surface area contributed by atoms with Gasteiger partial charge in [-0.05, 0) is 75.7 Å². The van der Waals surface area contributed by atoms with Crippen LogP contribution in [0.3, 0.4) is 0 Å². The molecule has 0 aliphatic carbocycles. The van der Waals surface area contributed by atoms with Crippen LogP contribution in [0.4, 0.5) is 0 Å². The summed E-state index contributed by atoms with van der Waals surface area (Å²) in [5, 5.41) is 7.31. The molecule has 0 radical (unpaired) electrons. The molecule has 0 unspecified atom stereocenters. The minimum Gasteiger partial charge on any atom is -0.490 e. The van der Waals surface area contributed by atoms with Gasteiger partial charge in [-0.1, -0.05) is 60.7 Å². The number of furan rings is 1. The summed E-state index contributed by atoms with van der Waals surface area (Å²) in [6.07, 6.45) is 1.57. The second-order valence-electron chi connectivity index (χ2n) is 8.04. The molecule has 1 N–H and O–H groups in total. The van der Waals surface area contributed by atoms with Gasteiger partial charge in [-0.3, -0.25) is 4.79 Å². The van der Waals surface area contributed by atoms with Crippen LogP contribution in [-0.2, 0) is 6.61 Å². The Balaban J connectivity index is 1.31. The van der Waals surface area contributed by atoms with Crippen LogP contribution in [-0.4, -0.2) is 18.7 Å². The molecule has 0 atom stereocenters. The van der Waals surface area contributed by atoms with Crippen LogP contribution < -0.4 is 14.9 Å². The van der Waals surface area contributed by atoms with Gasteiger partial charge >= 0.3 is 5.91 Å². The summed E-state index contributed by atoms with van der Waals surface area (Å²) in [5.41, 5.74) is 5.05. The summed E-state index contributed by atoms with van der Waals surface area (Å²) in [6, 6.07) is 27.4. The predicted octanol–water partition coefficient (Wildman–Crippen LogP) is 6.93. The zero-order valence-electron chi connectivity index (χ0n) is 19.5. The van der Waals surface area contributed by atoms with Crippen molar-refractivity contribution in [2.75, 3.05) is 6.61 Å². The van der Waals surface area contributed by atoms with Crippen LogP contribution in [0.5, 0.6) is 11.5 Å². The van der Waals surface area contributed by atoms with Gasteiger partial charge in [0.25, 0.3) is 0 Å². The van der Waals surface area contributed by atoms with Gasteiger partial charge in [-0.25, -0.2) is 5.43 Å². The molecule has 1 amide bonds. The van der Waals surface area contributed by atoms with Gasteiger partial charge < -0.3 is 13.9 Å². The van der Waals surface area contributed by atoms with Crippen molar-refractivity contribution in [3.05, 3.63) is 105 Å². The van der Waals surface area contributed by atoms with Gasteiger partial charge in [-0.2, -0.15) is 5.10 Å².